The molecule has 1 aromatic rings. The SMILES string of the molecule is NCC1(C(=O)Nc2ccc(F)nc2)CCCC1. The van der Waals surface area contributed by atoms with E-state index in [1.165, 1.54) is 18.3 Å². The second kappa shape index (κ2) is 4.79. The van der Waals surface area contributed by atoms with Crippen molar-refractivity contribution in [3.05, 3.63) is 24.3 Å². The smallest absolute Gasteiger partial charge is 0.231 e. The lowest BCUT2D eigenvalue weighted by Gasteiger charge is -2.25. The predicted molar refractivity (Wildman–Crippen MR) is 62.8 cm³/mol. The zero-order valence-corrected chi connectivity index (χ0v) is 9.58. The Kier molecular flexibility index (Phi) is 3.38. The van der Waals surface area contributed by atoms with Gasteiger partial charge in [-0.2, -0.15) is 4.39 Å². The van der Waals surface area contributed by atoms with Gasteiger partial charge < -0.3 is 11.1 Å². The van der Waals surface area contributed by atoms with Gasteiger partial charge in [0, 0.05) is 6.54 Å². The number of hydrogen-bond acceptors (Lipinski definition) is 3. The van der Waals surface area contributed by atoms with Crippen molar-refractivity contribution < 1.29 is 9.18 Å². The van der Waals surface area contributed by atoms with Crippen LogP contribution in [0.5, 0.6) is 0 Å². The maximum absolute atomic E-state index is 12.6. The summed E-state index contributed by atoms with van der Waals surface area (Å²) in [5, 5.41) is 2.75. The molecule has 4 nitrogen and oxygen atoms in total. The molecule has 1 aliphatic rings. The molecule has 17 heavy (non-hydrogen) atoms. The van der Waals surface area contributed by atoms with Gasteiger partial charge in [-0.15, -0.1) is 0 Å². The van der Waals surface area contributed by atoms with E-state index in [-0.39, 0.29) is 5.91 Å². The van der Waals surface area contributed by atoms with Crippen molar-refractivity contribution in [1.29, 1.82) is 0 Å². The van der Waals surface area contributed by atoms with Crippen LogP contribution in [-0.2, 0) is 4.79 Å². The molecule has 0 bridgehead atoms. The first-order valence-electron chi connectivity index (χ1n) is 5.79. The molecule has 3 N–H and O–H groups in total. The first-order chi connectivity index (χ1) is 8.16. The second-order valence-electron chi connectivity index (χ2n) is 4.52. The zero-order chi connectivity index (χ0) is 12.3. The Hall–Kier alpha value is -1.49. The highest BCUT2D eigenvalue weighted by Gasteiger charge is 2.39. The topological polar surface area (TPSA) is 68.0 Å². The quantitative estimate of drug-likeness (QED) is 0.786. The van der Waals surface area contributed by atoms with E-state index in [0.717, 1.165) is 25.7 Å². The van der Waals surface area contributed by atoms with Crippen LogP contribution in [0, 0.1) is 11.4 Å². The number of nitrogens with two attached hydrogens (primary N) is 1. The number of carbonyl (C=O) groups excluding carboxylic acids is 1. The van der Waals surface area contributed by atoms with Gasteiger partial charge in [0.05, 0.1) is 17.3 Å². The lowest BCUT2D eigenvalue weighted by atomic mass is 9.85. The molecular formula is C12H16FN3O. The molecule has 1 amide bonds. The van der Waals surface area contributed by atoms with Crippen molar-refractivity contribution in [2.24, 2.45) is 11.1 Å². The molecule has 1 aliphatic carbocycles. The van der Waals surface area contributed by atoms with Gasteiger partial charge in [-0.25, -0.2) is 4.98 Å². The minimum Gasteiger partial charge on any atom is -0.329 e. The van der Waals surface area contributed by atoms with Crippen LogP contribution in [0.15, 0.2) is 18.3 Å². The van der Waals surface area contributed by atoms with Crippen molar-refractivity contribution >= 4 is 11.6 Å². The van der Waals surface area contributed by atoms with Gasteiger partial charge >= 0.3 is 0 Å². The Morgan fingerprint density at radius 2 is 2.18 bits per heavy atom. The van der Waals surface area contributed by atoms with Crippen LogP contribution in [0.2, 0.25) is 0 Å². The molecular weight excluding hydrogens is 221 g/mol. The van der Waals surface area contributed by atoms with Crippen molar-refractivity contribution in [3.8, 4) is 0 Å². The molecule has 0 spiro atoms. The van der Waals surface area contributed by atoms with Gasteiger partial charge in [0.2, 0.25) is 11.9 Å². The number of nitrogens with zero attached hydrogens (tertiary/aromatic N) is 1. The van der Waals surface area contributed by atoms with Gasteiger partial charge in [0.1, 0.15) is 0 Å². The van der Waals surface area contributed by atoms with Crippen LogP contribution < -0.4 is 11.1 Å². The number of rotatable bonds is 3. The number of halogens is 1. The summed E-state index contributed by atoms with van der Waals surface area (Å²) in [7, 11) is 0. The van der Waals surface area contributed by atoms with E-state index in [1.54, 1.807) is 0 Å². The third-order valence-electron chi connectivity index (χ3n) is 3.42. The van der Waals surface area contributed by atoms with Crippen molar-refractivity contribution in [1.82, 2.24) is 4.98 Å². The number of pyridine rings is 1. The fourth-order valence-corrected chi connectivity index (χ4v) is 2.29. The monoisotopic (exact) mass is 237 g/mol. The summed E-state index contributed by atoms with van der Waals surface area (Å²) in [4.78, 5) is 15.6. The van der Waals surface area contributed by atoms with Crippen LogP contribution in [0.3, 0.4) is 0 Å². The molecule has 1 fully saturated rings. The Morgan fingerprint density at radius 1 is 1.47 bits per heavy atom. The summed E-state index contributed by atoms with van der Waals surface area (Å²) in [6.07, 6.45) is 5.03. The van der Waals surface area contributed by atoms with E-state index in [0.29, 0.717) is 12.2 Å². The number of carbonyl (C=O) groups is 1. The summed E-state index contributed by atoms with van der Waals surface area (Å²) >= 11 is 0. The normalized spacial score (nSPS) is 18.0. The van der Waals surface area contributed by atoms with Gasteiger partial charge in [-0.3, -0.25) is 4.79 Å². The minimum absolute atomic E-state index is 0.0779. The third kappa shape index (κ3) is 2.44. The Bertz CT molecular complexity index is 399. The number of aromatic nitrogens is 1. The van der Waals surface area contributed by atoms with Crippen molar-refractivity contribution in [3.63, 3.8) is 0 Å². The maximum atomic E-state index is 12.6. The number of nitrogens with one attached hydrogen (secondary N) is 1. The fourth-order valence-electron chi connectivity index (χ4n) is 2.29. The Balaban J connectivity index is 2.08. The standard InChI is InChI=1S/C12H16FN3O/c13-10-4-3-9(7-15-10)16-11(17)12(8-14)5-1-2-6-12/h3-4,7H,1-2,5-6,8,14H2,(H,16,17). The fraction of sp³-hybridized carbons (Fsp3) is 0.500. The molecule has 5 heteroatoms. The van der Waals surface area contributed by atoms with E-state index < -0.39 is 11.4 Å². The average Bonchev–Trinajstić information content (AvgIpc) is 2.82. The van der Waals surface area contributed by atoms with Crippen LogP contribution in [0.4, 0.5) is 10.1 Å². The molecule has 0 saturated heterocycles. The van der Waals surface area contributed by atoms with E-state index in [9.17, 15) is 9.18 Å². The molecule has 2 rings (SSSR count). The molecule has 1 heterocycles. The van der Waals surface area contributed by atoms with Crippen LogP contribution >= 0.6 is 0 Å². The maximum Gasteiger partial charge on any atom is 0.231 e. The van der Waals surface area contributed by atoms with Crippen LogP contribution in [0.25, 0.3) is 0 Å². The van der Waals surface area contributed by atoms with Crippen molar-refractivity contribution in [2.45, 2.75) is 25.7 Å². The van der Waals surface area contributed by atoms with Crippen LogP contribution in [0.1, 0.15) is 25.7 Å². The summed E-state index contributed by atoms with van der Waals surface area (Å²) in [6, 6.07) is 2.72. The first-order valence-corrected chi connectivity index (χ1v) is 5.79. The lowest BCUT2D eigenvalue weighted by Crippen LogP contribution is -2.40. The number of hydrogen-bond donors (Lipinski definition) is 2. The summed E-state index contributed by atoms with van der Waals surface area (Å²) < 4.78 is 12.6. The van der Waals surface area contributed by atoms with Gasteiger partial charge in [0.15, 0.2) is 0 Å². The second-order valence-corrected chi connectivity index (χ2v) is 4.52. The number of anilines is 1. The molecule has 92 valence electrons. The Labute approximate surface area is 99.4 Å². The highest BCUT2D eigenvalue weighted by Crippen LogP contribution is 2.38. The third-order valence-corrected chi connectivity index (χ3v) is 3.42. The highest BCUT2D eigenvalue weighted by molar-refractivity contribution is 5.95. The summed E-state index contributed by atoms with van der Waals surface area (Å²) in [5.74, 6) is -0.636. The predicted octanol–water partition coefficient (Wildman–Crippen LogP) is 1.68. The summed E-state index contributed by atoms with van der Waals surface area (Å²) in [5.41, 5.74) is 5.77. The zero-order valence-electron chi connectivity index (χ0n) is 9.58. The first kappa shape index (κ1) is 12.0. The number of amides is 1. The van der Waals surface area contributed by atoms with Gasteiger partial charge in [0.25, 0.3) is 0 Å². The molecule has 1 saturated carbocycles. The molecule has 0 aromatic carbocycles. The van der Waals surface area contributed by atoms with E-state index in [1.807, 2.05) is 0 Å². The molecule has 0 atom stereocenters. The van der Waals surface area contributed by atoms with Gasteiger partial charge in [-0.1, -0.05) is 12.8 Å². The average molecular weight is 237 g/mol. The van der Waals surface area contributed by atoms with Crippen LogP contribution in [-0.4, -0.2) is 17.4 Å². The lowest BCUT2D eigenvalue weighted by molar-refractivity contribution is -0.124. The molecule has 0 aliphatic heterocycles. The van der Waals surface area contributed by atoms with E-state index in [4.69, 9.17) is 5.73 Å². The highest BCUT2D eigenvalue weighted by atomic mass is 19.1. The molecule has 0 radical (unpaired) electrons. The molecule has 1 aromatic heterocycles. The van der Waals surface area contributed by atoms with E-state index in [2.05, 4.69) is 10.3 Å². The van der Waals surface area contributed by atoms with Crippen molar-refractivity contribution in [2.75, 3.05) is 11.9 Å². The van der Waals surface area contributed by atoms with Gasteiger partial charge in [-0.05, 0) is 25.0 Å². The summed E-state index contributed by atoms with van der Waals surface area (Å²) in [6.45, 7) is 0.355. The largest absolute Gasteiger partial charge is 0.329 e. The van der Waals surface area contributed by atoms with E-state index >= 15 is 0 Å². The Morgan fingerprint density at radius 3 is 2.71 bits per heavy atom. The molecule has 0 unspecified atom stereocenters. The minimum atomic E-state index is -0.558.